The van der Waals surface area contributed by atoms with Crippen LogP contribution in [0.3, 0.4) is 0 Å². The Balaban J connectivity index is 2.12. The third-order valence-electron chi connectivity index (χ3n) is 2.38. The van der Waals surface area contributed by atoms with Gasteiger partial charge in [0.05, 0.1) is 10.6 Å². The molecule has 0 unspecified atom stereocenters. The van der Waals surface area contributed by atoms with Gasteiger partial charge in [-0.1, -0.05) is 41.4 Å². The number of rotatable bonds is 4. The summed E-state index contributed by atoms with van der Waals surface area (Å²) in [5.41, 5.74) is 1.06. The summed E-state index contributed by atoms with van der Waals surface area (Å²) in [4.78, 5) is 14.8. The molecule has 0 radical (unpaired) electrons. The van der Waals surface area contributed by atoms with Crippen LogP contribution in [-0.4, -0.2) is 16.1 Å². The second-order valence-corrected chi connectivity index (χ2v) is 5.47. The molecule has 0 spiro atoms. The van der Waals surface area contributed by atoms with Gasteiger partial charge >= 0.3 is 5.97 Å². The number of hydrogen-bond donors (Lipinski definition) is 1. The van der Waals surface area contributed by atoms with E-state index in [0.717, 1.165) is 5.56 Å². The van der Waals surface area contributed by atoms with Gasteiger partial charge in [0.1, 0.15) is 5.03 Å². The van der Waals surface area contributed by atoms with Crippen molar-refractivity contribution in [3.05, 3.63) is 57.7 Å². The van der Waals surface area contributed by atoms with Gasteiger partial charge in [0, 0.05) is 17.0 Å². The molecule has 98 valence electrons. The maximum atomic E-state index is 10.8. The van der Waals surface area contributed by atoms with Gasteiger partial charge in [0.15, 0.2) is 0 Å². The summed E-state index contributed by atoms with van der Waals surface area (Å²) in [7, 11) is 0. The second-order valence-electron chi connectivity index (χ2n) is 3.70. The second kappa shape index (κ2) is 6.28. The molecular formula is C13H9Cl2NO2S. The standard InChI is InChI=1S/C13H9Cl2NO2S/c14-10-4-2-1-3-8(10)7-19-12-11(15)5-9(6-16-12)13(17)18/h1-6H,7H2,(H,17,18). The van der Waals surface area contributed by atoms with E-state index in [1.807, 2.05) is 24.3 Å². The summed E-state index contributed by atoms with van der Waals surface area (Å²) in [6.07, 6.45) is 1.29. The number of carboxylic acid groups (broad SMARTS) is 1. The van der Waals surface area contributed by atoms with Gasteiger partial charge in [-0.2, -0.15) is 0 Å². The molecule has 0 bridgehead atoms. The van der Waals surface area contributed by atoms with Crippen molar-refractivity contribution in [2.24, 2.45) is 0 Å². The van der Waals surface area contributed by atoms with Gasteiger partial charge in [0.2, 0.25) is 0 Å². The maximum Gasteiger partial charge on any atom is 0.337 e. The van der Waals surface area contributed by atoms with E-state index in [4.69, 9.17) is 28.3 Å². The van der Waals surface area contributed by atoms with E-state index in [-0.39, 0.29) is 5.56 Å². The number of hydrogen-bond acceptors (Lipinski definition) is 3. The molecule has 0 saturated heterocycles. The average Bonchev–Trinajstić information content (AvgIpc) is 2.39. The molecule has 0 fully saturated rings. The third kappa shape index (κ3) is 3.62. The first-order valence-electron chi connectivity index (χ1n) is 5.33. The summed E-state index contributed by atoms with van der Waals surface area (Å²) in [6.45, 7) is 0. The fourth-order valence-electron chi connectivity index (χ4n) is 1.41. The minimum atomic E-state index is -1.04. The highest BCUT2D eigenvalue weighted by atomic mass is 35.5. The Labute approximate surface area is 124 Å². The van der Waals surface area contributed by atoms with E-state index in [2.05, 4.69) is 4.98 Å². The lowest BCUT2D eigenvalue weighted by atomic mass is 10.2. The quantitative estimate of drug-likeness (QED) is 0.851. The van der Waals surface area contributed by atoms with Crippen molar-refractivity contribution in [3.63, 3.8) is 0 Å². The number of thioether (sulfide) groups is 1. The van der Waals surface area contributed by atoms with Gasteiger partial charge in [-0.3, -0.25) is 0 Å². The van der Waals surface area contributed by atoms with Crippen molar-refractivity contribution < 1.29 is 9.90 Å². The summed E-state index contributed by atoms with van der Waals surface area (Å²) >= 11 is 13.5. The number of aromatic nitrogens is 1. The summed E-state index contributed by atoms with van der Waals surface area (Å²) < 4.78 is 0. The van der Waals surface area contributed by atoms with Crippen molar-refractivity contribution in [1.29, 1.82) is 0 Å². The van der Waals surface area contributed by atoms with Crippen molar-refractivity contribution in [3.8, 4) is 0 Å². The monoisotopic (exact) mass is 313 g/mol. The number of carboxylic acids is 1. The van der Waals surface area contributed by atoms with Gasteiger partial charge in [-0.15, -0.1) is 11.8 Å². The molecule has 1 heterocycles. The molecule has 0 aliphatic rings. The van der Waals surface area contributed by atoms with Crippen LogP contribution in [0.2, 0.25) is 10.0 Å². The van der Waals surface area contributed by atoms with Crippen molar-refractivity contribution in [2.75, 3.05) is 0 Å². The van der Waals surface area contributed by atoms with Crippen LogP contribution in [0.15, 0.2) is 41.6 Å². The lowest BCUT2D eigenvalue weighted by Gasteiger charge is -2.05. The van der Waals surface area contributed by atoms with E-state index < -0.39 is 5.97 Å². The van der Waals surface area contributed by atoms with Crippen LogP contribution in [0.5, 0.6) is 0 Å². The molecule has 0 saturated carbocycles. The summed E-state index contributed by atoms with van der Waals surface area (Å²) in [6, 6.07) is 8.91. The van der Waals surface area contributed by atoms with Crippen LogP contribution in [0.4, 0.5) is 0 Å². The minimum Gasteiger partial charge on any atom is -0.478 e. The van der Waals surface area contributed by atoms with Crippen molar-refractivity contribution in [1.82, 2.24) is 4.98 Å². The first kappa shape index (κ1) is 14.2. The Morgan fingerprint density at radius 2 is 2.00 bits per heavy atom. The fourth-order valence-corrected chi connectivity index (χ4v) is 2.89. The molecule has 0 aliphatic carbocycles. The molecule has 6 heteroatoms. The first-order valence-corrected chi connectivity index (χ1v) is 7.07. The van der Waals surface area contributed by atoms with Crippen LogP contribution in [0, 0.1) is 0 Å². The van der Waals surface area contributed by atoms with Crippen LogP contribution < -0.4 is 0 Å². The molecule has 3 nitrogen and oxygen atoms in total. The zero-order chi connectivity index (χ0) is 13.8. The molecule has 2 rings (SSSR count). The highest BCUT2D eigenvalue weighted by Crippen LogP contribution is 2.30. The van der Waals surface area contributed by atoms with E-state index in [0.29, 0.717) is 20.8 Å². The van der Waals surface area contributed by atoms with Crippen LogP contribution in [0.1, 0.15) is 15.9 Å². The maximum absolute atomic E-state index is 10.8. The summed E-state index contributed by atoms with van der Waals surface area (Å²) in [5, 5.41) is 10.4. The van der Waals surface area contributed by atoms with Gasteiger partial charge in [-0.25, -0.2) is 9.78 Å². The molecule has 0 aliphatic heterocycles. The smallest absolute Gasteiger partial charge is 0.337 e. The average molecular weight is 314 g/mol. The third-order valence-corrected chi connectivity index (χ3v) is 4.20. The number of aromatic carboxylic acids is 1. The molecule has 1 N–H and O–H groups in total. The zero-order valence-corrected chi connectivity index (χ0v) is 12.0. The Kier molecular flexibility index (Phi) is 4.69. The molecular weight excluding hydrogens is 305 g/mol. The SMILES string of the molecule is O=C(O)c1cnc(SCc2ccccc2Cl)c(Cl)c1. The molecule has 1 aromatic heterocycles. The molecule has 1 aromatic carbocycles. The Morgan fingerprint density at radius 1 is 1.26 bits per heavy atom. The lowest BCUT2D eigenvalue weighted by molar-refractivity contribution is 0.0696. The van der Waals surface area contributed by atoms with Gasteiger partial charge in [-0.05, 0) is 17.7 Å². The highest BCUT2D eigenvalue weighted by molar-refractivity contribution is 7.98. The van der Waals surface area contributed by atoms with Crippen LogP contribution in [-0.2, 0) is 5.75 Å². The lowest BCUT2D eigenvalue weighted by Crippen LogP contribution is -1.97. The predicted octanol–water partition coefficient (Wildman–Crippen LogP) is 4.38. The van der Waals surface area contributed by atoms with Crippen LogP contribution >= 0.6 is 35.0 Å². The predicted molar refractivity (Wildman–Crippen MR) is 77.2 cm³/mol. The topological polar surface area (TPSA) is 50.2 Å². The van der Waals surface area contributed by atoms with E-state index in [9.17, 15) is 4.79 Å². The van der Waals surface area contributed by atoms with Crippen LogP contribution in [0.25, 0.3) is 0 Å². The fraction of sp³-hybridized carbons (Fsp3) is 0.0769. The van der Waals surface area contributed by atoms with Crippen molar-refractivity contribution in [2.45, 2.75) is 10.8 Å². The Bertz CT molecular complexity index is 619. The molecule has 0 atom stereocenters. The number of benzene rings is 1. The Hall–Kier alpha value is -1.23. The zero-order valence-electron chi connectivity index (χ0n) is 9.64. The first-order chi connectivity index (χ1) is 9.08. The van der Waals surface area contributed by atoms with Gasteiger partial charge < -0.3 is 5.11 Å². The molecule has 19 heavy (non-hydrogen) atoms. The number of pyridine rings is 1. The molecule has 2 aromatic rings. The minimum absolute atomic E-state index is 0.0760. The Morgan fingerprint density at radius 3 is 2.63 bits per heavy atom. The number of halogens is 2. The normalized spacial score (nSPS) is 10.4. The van der Waals surface area contributed by atoms with E-state index in [1.54, 1.807) is 0 Å². The number of nitrogens with zero attached hydrogens (tertiary/aromatic N) is 1. The molecule has 0 amide bonds. The van der Waals surface area contributed by atoms with Gasteiger partial charge in [0.25, 0.3) is 0 Å². The highest BCUT2D eigenvalue weighted by Gasteiger charge is 2.09. The number of carbonyl (C=O) groups is 1. The van der Waals surface area contributed by atoms with E-state index >= 15 is 0 Å². The van der Waals surface area contributed by atoms with Crippen molar-refractivity contribution >= 4 is 40.9 Å². The van der Waals surface area contributed by atoms with E-state index in [1.165, 1.54) is 24.0 Å². The largest absolute Gasteiger partial charge is 0.478 e. The summed E-state index contributed by atoms with van der Waals surface area (Å²) in [5.74, 6) is -0.421.